The Kier molecular flexibility index (Phi) is 4.83. The van der Waals surface area contributed by atoms with Crippen LogP contribution in [-0.2, 0) is 12.6 Å². The van der Waals surface area contributed by atoms with Crippen molar-refractivity contribution in [3.05, 3.63) is 46.7 Å². The maximum Gasteiger partial charge on any atom is 0.417 e. The molecule has 0 radical (unpaired) electrons. The third kappa shape index (κ3) is 3.94. The Morgan fingerprint density at radius 1 is 1.14 bits per heavy atom. The molecule has 6 heteroatoms. The average Bonchev–Trinajstić information content (AvgIpc) is 2.43. The molecule has 1 aromatic carbocycles. The molecule has 0 spiro atoms. The van der Waals surface area contributed by atoms with E-state index in [2.05, 4.69) is 9.97 Å². The van der Waals surface area contributed by atoms with Gasteiger partial charge in [-0.2, -0.15) is 13.2 Å². The van der Waals surface area contributed by atoms with Crippen LogP contribution in [0.15, 0.2) is 30.3 Å². The summed E-state index contributed by atoms with van der Waals surface area (Å²) in [6, 6.07) is 6.84. The molecule has 2 nitrogen and oxygen atoms in total. The van der Waals surface area contributed by atoms with Crippen molar-refractivity contribution in [2.75, 3.05) is 0 Å². The molecule has 0 aliphatic rings. The molecular weight excluding hydrogens is 301 g/mol. The van der Waals surface area contributed by atoms with Crippen LogP contribution in [0.3, 0.4) is 0 Å². The summed E-state index contributed by atoms with van der Waals surface area (Å²) < 4.78 is 39.1. The molecule has 0 aliphatic heterocycles. The number of unbranched alkanes of at least 4 members (excludes halogenated alkanes) is 1. The molecule has 0 bridgehead atoms. The summed E-state index contributed by atoms with van der Waals surface area (Å²) in [5.41, 5.74) is -0.150. The summed E-state index contributed by atoms with van der Waals surface area (Å²) in [7, 11) is 0. The van der Waals surface area contributed by atoms with E-state index in [-0.39, 0.29) is 16.5 Å². The van der Waals surface area contributed by atoms with Crippen LogP contribution in [0.2, 0.25) is 5.15 Å². The summed E-state index contributed by atoms with van der Waals surface area (Å²) in [6.45, 7) is 2.03. The number of hydrogen-bond donors (Lipinski definition) is 0. The minimum absolute atomic E-state index is 0.0153. The molecule has 2 aromatic rings. The Labute approximate surface area is 126 Å². The van der Waals surface area contributed by atoms with E-state index >= 15 is 0 Å². The third-order valence-corrected chi connectivity index (χ3v) is 3.20. The standard InChI is InChI=1S/C15H14ClF3N2/c1-2-3-6-10-9-13(16)21-14(20-10)11-7-4-5-8-12(11)15(17,18)19/h4-5,7-9H,2-3,6H2,1H3. The molecule has 0 N–H and O–H groups in total. The summed E-state index contributed by atoms with van der Waals surface area (Å²) in [4.78, 5) is 8.16. The molecule has 0 unspecified atom stereocenters. The first-order valence-electron chi connectivity index (χ1n) is 6.62. The van der Waals surface area contributed by atoms with Crippen molar-refractivity contribution in [1.82, 2.24) is 9.97 Å². The van der Waals surface area contributed by atoms with Crippen molar-refractivity contribution in [3.8, 4) is 11.4 Å². The van der Waals surface area contributed by atoms with Gasteiger partial charge in [0.1, 0.15) is 5.15 Å². The van der Waals surface area contributed by atoms with Crippen molar-refractivity contribution in [3.63, 3.8) is 0 Å². The van der Waals surface area contributed by atoms with Crippen LogP contribution >= 0.6 is 11.6 Å². The van der Waals surface area contributed by atoms with Gasteiger partial charge in [-0.15, -0.1) is 0 Å². The number of aryl methyl sites for hydroxylation is 1. The van der Waals surface area contributed by atoms with Gasteiger partial charge >= 0.3 is 6.18 Å². The fraction of sp³-hybridized carbons (Fsp3) is 0.333. The molecule has 0 fully saturated rings. The zero-order valence-corrected chi connectivity index (χ0v) is 12.2. The maximum absolute atomic E-state index is 13.0. The Bertz CT molecular complexity index is 627. The lowest BCUT2D eigenvalue weighted by Gasteiger charge is -2.12. The van der Waals surface area contributed by atoms with Gasteiger partial charge in [0.25, 0.3) is 0 Å². The normalized spacial score (nSPS) is 11.7. The van der Waals surface area contributed by atoms with Crippen LogP contribution in [-0.4, -0.2) is 9.97 Å². The Morgan fingerprint density at radius 3 is 2.52 bits per heavy atom. The van der Waals surface area contributed by atoms with Gasteiger partial charge < -0.3 is 0 Å². The second-order valence-corrected chi connectivity index (χ2v) is 5.04. The molecule has 1 heterocycles. The predicted molar refractivity (Wildman–Crippen MR) is 76.1 cm³/mol. The van der Waals surface area contributed by atoms with Crippen LogP contribution in [0.4, 0.5) is 13.2 Å². The summed E-state index contributed by atoms with van der Waals surface area (Å²) in [5.74, 6) is 0.0153. The molecule has 0 aliphatic carbocycles. The average molecular weight is 315 g/mol. The zero-order chi connectivity index (χ0) is 15.5. The van der Waals surface area contributed by atoms with Crippen LogP contribution in [0.1, 0.15) is 31.0 Å². The summed E-state index contributed by atoms with van der Waals surface area (Å²) in [6.07, 6.45) is -1.92. The van der Waals surface area contributed by atoms with E-state index in [4.69, 9.17) is 11.6 Å². The Morgan fingerprint density at radius 2 is 1.86 bits per heavy atom. The van der Waals surface area contributed by atoms with Crippen molar-refractivity contribution in [2.45, 2.75) is 32.4 Å². The lowest BCUT2D eigenvalue weighted by Crippen LogP contribution is -2.08. The first kappa shape index (κ1) is 15.8. The van der Waals surface area contributed by atoms with Crippen molar-refractivity contribution >= 4 is 11.6 Å². The lowest BCUT2D eigenvalue weighted by molar-refractivity contribution is -0.137. The van der Waals surface area contributed by atoms with E-state index in [0.717, 1.165) is 18.9 Å². The monoisotopic (exact) mass is 314 g/mol. The molecule has 0 saturated heterocycles. The second-order valence-electron chi connectivity index (χ2n) is 4.65. The summed E-state index contributed by atoms with van der Waals surface area (Å²) in [5, 5.41) is 0.156. The highest BCUT2D eigenvalue weighted by atomic mass is 35.5. The van der Waals surface area contributed by atoms with Gasteiger partial charge in [-0.3, -0.25) is 0 Å². The van der Waals surface area contributed by atoms with Gasteiger partial charge in [0.2, 0.25) is 0 Å². The second kappa shape index (κ2) is 6.43. The molecule has 0 amide bonds. The number of alkyl halides is 3. The van der Waals surface area contributed by atoms with Gasteiger partial charge in [0, 0.05) is 11.3 Å². The smallest absolute Gasteiger partial charge is 0.233 e. The minimum atomic E-state index is -4.45. The molecule has 0 saturated carbocycles. The van der Waals surface area contributed by atoms with Gasteiger partial charge in [0.05, 0.1) is 5.56 Å². The van der Waals surface area contributed by atoms with Crippen LogP contribution in [0.5, 0.6) is 0 Å². The van der Waals surface area contributed by atoms with Crippen LogP contribution in [0, 0.1) is 0 Å². The lowest BCUT2D eigenvalue weighted by atomic mass is 10.1. The largest absolute Gasteiger partial charge is 0.417 e. The van der Waals surface area contributed by atoms with Gasteiger partial charge in [-0.05, 0) is 25.0 Å². The molecule has 21 heavy (non-hydrogen) atoms. The van der Waals surface area contributed by atoms with Crippen molar-refractivity contribution in [2.24, 2.45) is 0 Å². The maximum atomic E-state index is 13.0. The van der Waals surface area contributed by atoms with Crippen LogP contribution in [0.25, 0.3) is 11.4 Å². The molecule has 2 rings (SSSR count). The van der Waals surface area contributed by atoms with Gasteiger partial charge in [-0.25, -0.2) is 9.97 Å². The van der Waals surface area contributed by atoms with Crippen molar-refractivity contribution in [1.29, 1.82) is 0 Å². The predicted octanol–water partition coefficient (Wildman–Crippen LogP) is 5.16. The third-order valence-electron chi connectivity index (χ3n) is 3.01. The number of halogens is 4. The fourth-order valence-electron chi connectivity index (χ4n) is 2.00. The van der Waals surface area contributed by atoms with Crippen molar-refractivity contribution < 1.29 is 13.2 Å². The molecule has 112 valence electrons. The minimum Gasteiger partial charge on any atom is -0.233 e. The van der Waals surface area contributed by atoms with E-state index < -0.39 is 11.7 Å². The summed E-state index contributed by atoms with van der Waals surface area (Å²) >= 11 is 5.91. The molecule has 0 atom stereocenters. The first-order chi connectivity index (χ1) is 9.91. The first-order valence-corrected chi connectivity index (χ1v) is 6.99. The van der Waals surface area contributed by atoms with E-state index in [1.165, 1.54) is 18.2 Å². The highest BCUT2D eigenvalue weighted by Gasteiger charge is 2.34. The van der Waals surface area contributed by atoms with E-state index in [1.807, 2.05) is 6.92 Å². The fourth-order valence-corrected chi connectivity index (χ4v) is 2.20. The Balaban J connectivity index is 2.49. The van der Waals surface area contributed by atoms with E-state index in [0.29, 0.717) is 12.1 Å². The van der Waals surface area contributed by atoms with Gasteiger partial charge in [-0.1, -0.05) is 43.1 Å². The SMILES string of the molecule is CCCCc1cc(Cl)nc(-c2ccccc2C(F)(F)F)n1. The highest BCUT2D eigenvalue weighted by molar-refractivity contribution is 6.29. The molecular formula is C15H14ClF3N2. The van der Waals surface area contributed by atoms with Crippen LogP contribution < -0.4 is 0 Å². The zero-order valence-electron chi connectivity index (χ0n) is 11.4. The topological polar surface area (TPSA) is 25.8 Å². The van der Waals surface area contributed by atoms with E-state index in [1.54, 1.807) is 6.07 Å². The highest BCUT2D eigenvalue weighted by Crippen LogP contribution is 2.36. The molecule has 1 aromatic heterocycles. The quantitative estimate of drug-likeness (QED) is 0.729. The number of rotatable bonds is 4. The Hall–Kier alpha value is -1.62. The van der Waals surface area contributed by atoms with Gasteiger partial charge in [0.15, 0.2) is 5.82 Å². The number of benzene rings is 1. The number of aromatic nitrogens is 2. The number of nitrogens with zero attached hydrogens (tertiary/aromatic N) is 2. The number of hydrogen-bond acceptors (Lipinski definition) is 2. The van der Waals surface area contributed by atoms with E-state index in [9.17, 15) is 13.2 Å².